The van der Waals surface area contributed by atoms with Gasteiger partial charge in [-0.2, -0.15) is 0 Å². The summed E-state index contributed by atoms with van der Waals surface area (Å²) in [6.45, 7) is 1.79. The van der Waals surface area contributed by atoms with Gasteiger partial charge < -0.3 is 16.2 Å². The molecule has 142 valence electrons. The number of nitrogens with one attached hydrogen (secondary N) is 1. The van der Waals surface area contributed by atoms with E-state index in [0.29, 0.717) is 17.0 Å². The Balaban J connectivity index is 1.96. The van der Waals surface area contributed by atoms with Gasteiger partial charge in [-0.3, -0.25) is 9.59 Å². The van der Waals surface area contributed by atoms with Gasteiger partial charge in [0.2, 0.25) is 0 Å². The number of amides is 2. The summed E-state index contributed by atoms with van der Waals surface area (Å²) < 4.78 is 0. The minimum Gasteiger partial charge on any atom is -0.478 e. The molecule has 0 bridgehead atoms. The van der Waals surface area contributed by atoms with Crippen LogP contribution in [-0.4, -0.2) is 22.9 Å². The number of carboxylic acids is 1. The van der Waals surface area contributed by atoms with Crippen LogP contribution in [0.1, 0.15) is 47.1 Å². The van der Waals surface area contributed by atoms with Crippen LogP contribution in [0.4, 0.5) is 5.00 Å². The molecule has 7 heteroatoms. The van der Waals surface area contributed by atoms with E-state index in [0.717, 1.165) is 10.4 Å². The molecular weight excluding hydrogens is 376 g/mol. The number of rotatable bonds is 6. The number of anilines is 1. The third-order valence-electron chi connectivity index (χ3n) is 4.33. The molecule has 2 aromatic carbocycles. The van der Waals surface area contributed by atoms with Crippen LogP contribution in [-0.2, 0) is 6.42 Å². The van der Waals surface area contributed by atoms with E-state index in [4.69, 9.17) is 5.73 Å². The van der Waals surface area contributed by atoms with Crippen molar-refractivity contribution >= 4 is 34.1 Å². The lowest BCUT2D eigenvalue weighted by Crippen LogP contribution is -2.19. The Morgan fingerprint density at radius 2 is 1.61 bits per heavy atom. The Morgan fingerprint density at radius 1 is 1.00 bits per heavy atom. The summed E-state index contributed by atoms with van der Waals surface area (Å²) in [6, 6.07) is 15.6. The number of aromatic carboxylic acids is 1. The number of thiophene rings is 1. The van der Waals surface area contributed by atoms with E-state index in [1.54, 1.807) is 19.1 Å². The first kappa shape index (κ1) is 19.3. The maximum Gasteiger partial charge on any atom is 0.336 e. The second-order valence-corrected chi connectivity index (χ2v) is 7.29. The summed E-state index contributed by atoms with van der Waals surface area (Å²) in [4.78, 5) is 36.9. The Bertz CT molecular complexity index is 1060. The van der Waals surface area contributed by atoms with Crippen molar-refractivity contribution in [2.45, 2.75) is 13.3 Å². The molecule has 4 N–H and O–H groups in total. The van der Waals surface area contributed by atoms with E-state index >= 15 is 0 Å². The van der Waals surface area contributed by atoms with Gasteiger partial charge in [0, 0.05) is 11.3 Å². The maximum absolute atomic E-state index is 12.7. The molecule has 0 aliphatic heterocycles. The van der Waals surface area contributed by atoms with E-state index in [9.17, 15) is 19.5 Å². The standard InChI is InChI=1S/C21H18N2O4S/c1-12-16(11-13-7-3-2-4-8-13)28-20(17(12)18(22)24)23-19(25)14-9-5-6-10-15(14)21(26)27/h2-10H,11H2,1H3,(H2,22,24)(H,23,25)(H,26,27). The van der Waals surface area contributed by atoms with Crippen LogP contribution in [0.5, 0.6) is 0 Å². The molecule has 0 atom stereocenters. The van der Waals surface area contributed by atoms with Gasteiger partial charge >= 0.3 is 5.97 Å². The lowest BCUT2D eigenvalue weighted by atomic mass is 10.1. The molecule has 6 nitrogen and oxygen atoms in total. The second kappa shape index (κ2) is 8.06. The topological polar surface area (TPSA) is 109 Å². The van der Waals surface area contributed by atoms with Gasteiger partial charge in [0.1, 0.15) is 5.00 Å². The minimum atomic E-state index is -1.20. The summed E-state index contributed by atoms with van der Waals surface area (Å²) >= 11 is 1.27. The average Bonchev–Trinajstić information content (AvgIpc) is 2.97. The highest BCUT2D eigenvalue weighted by atomic mass is 32.1. The molecule has 0 saturated heterocycles. The first-order valence-electron chi connectivity index (χ1n) is 8.48. The van der Waals surface area contributed by atoms with Gasteiger partial charge in [-0.25, -0.2) is 4.79 Å². The van der Waals surface area contributed by atoms with Gasteiger partial charge in [-0.15, -0.1) is 11.3 Å². The molecule has 0 aliphatic rings. The summed E-state index contributed by atoms with van der Waals surface area (Å²) in [5.74, 6) is -2.45. The number of hydrogen-bond acceptors (Lipinski definition) is 4. The fraction of sp³-hybridized carbons (Fsp3) is 0.0952. The number of carbonyl (C=O) groups is 3. The highest BCUT2D eigenvalue weighted by molar-refractivity contribution is 7.17. The van der Waals surface area contributed by atoms with Crippen molar-refractivity contribution in [1.29, 1.82) is 0 Å². The third kappa shape index (κ3) is 3.94. The fourth-order valence-electron chi connectivity index (χ4n) is 2.93. The first-order valence-corrected chi connectivity index (χ1v) is 9.29. The molecule has 0 fully saturated rings. The number of nitrogens with two attached hydrogens (primary N) is 1. The molecule has 0 aliphatic carbocycles. The zero-order valence-electron chi connectivity index (χ0n) is 15.1. The van der Waals surface area contributed by atoms with E-state index < -0.39 is 17.8 Å². The molecule has 3 aromatic rings. The maximum atomic E-state index is 12.7. The molecule has 28 heavy (non-hydrogen) atoms. The van der Waals surface area contributed by atoms with Crippen LogP contribution < -0.4 is 11.1 Å². The van der Waals surface area contributed by atoms with Crippen molar-refractivity contribution in [3.8, 4) is 0 Å². The molecule has 0 spiro atoms. The fourth-order valence-corrected chi connectivity index (χ4v) is 4.17. The van der Waals surface area contributed by atoms with E-state index in [1.807, 2.05) is 30.3 Å². The van der Waals surface area contributed by atoms with Gasteiger partial charge in [-0.1, -0.05) is 42.5 Å². The Morgan fingerprint density at radius 3 is 2.21 bits per heavy atom. The van der Waals surface area contributed by atoms with Gasteiger partial charge in [0.15, 0.2) is 0 Å². The normalized spacial score (nSPS) is 10.5. The number of benzene rings is 2. The van der Waals surface area contributed by atoms with Crippen molar-refractivity contribution < 1.29 is 19.5 Å². The zero-order valence-corrected chi connectivity index (χ0v) is 15.9. The Labute approximate surface area is 165 Å². The van der Waals surface area contributed by atoms with E-state index in [1.165, 1.54) is 23.5 Å². The predicted octanol–water partition coefficient (Wildman–Crippen LogP) is 3.70. The monoisotopic (exact) mass is 394 g/mol. The van der Waals surface area contributed by atoms with Gasteiger partial charge in [0.25, 0.3) is 11.8 Å². The molecule has 1 aromatic heterocycles. The summed E-state index contributed by atoms with van der Waals surface area (Å²) in [5.41, 5.74) is 7.46. The van der Waals surface area contributed by atoms with Gasteiger partial charge in [-0.05, 0) is 30.2 Å². The Hall–Kier alpha value is -3.45. The van der Waals surface area contributed by atoms with Crippen LogP contribution in [0.3, 0.4) is 0 Å². The van der Waals surface area contributed by atoms with Gasteiger partial charge in [0.05, 0.1) is 16.7 Å². The third-order valence-corrected chi connectivity index (χ3v) is 5.54. The van der Waals surface area contributed by atoms with Crippen LogP contribution in [0, 0.1) is 6.92 Å². The molecule has 3 rings (SSSR count). The largest absolute Gasteiger partial charge is 0.478 e. The quantitative estimate of drug-likeness (QED) is 0.592. The van der Waals surface area contributed by atoms with Crippen LogP contribution in [0.2, 0.25) is 0 Å². The molecule has 0 radical (unpaired) electrons. The van der Waals surface area contributed by atoms with Crippen molar-refractivity contribution in [2.24, 2.45) is 5.73 Å². The number of carbonyl (C=O) groups excluding carboxylic acids is 2. The zero-order chi connectivity index (χ0) is 20.3. The predicted molar refractivity (Wildman–Crippen MR) is 108 cm³/mol. The Kier molecular flexibility index (Phi) is 5.56. The lowest BCUT2D eigenvalue weighted by molar-refractivity contribution is 0.0692. The first-order chi connectivity index (χ1) is 13.4. The van der Waals surface area contributed by atoms with Crippen molar-refractivity contribution in [3.05, 3.63) is 87.3 Å². The van der Waals surface area contributed by atoms with Crippen LogP contribution in [0.15, 0.2) is 54.6 Å². The van der Waals surface area contributed by atoms with E-state index in [-0.39, 0.29) is 16.7 Å². The molecule has 0 saturated carbocycles. The highest BCUT2D eigenvalue weighted by Crippen LogP contribution is 2.34. The highest BCUT2D eigenvalue weighted by Gasteiger charge is 2.23. The number of primary amides is 1. The van der Waals surface area contributed by atoms with Crippen LogP contribution >= 0.6 is 11.3 Å². The molecule has 0 unspecified atom stereocenters. The van der Waals surface area contributed by atoms with Crippen molar-refractivity contribution in [2.75, 3.05) is 5.32 Å². The summed E-state index contributed by atoms with van der Waals surface area (Å²) in [7, 11) is 0. The molecule has 2 amide bonds. The van der Waals surface area contributed by atoms with Crippen LogP contribution in [0.25, 0.3) is 0 Å². The van der Waals surface area contributed by atoms with E-state index in [2.05, 4.69) is 5.32 Å². The summed E-state index contributed by atoms with van der Waals surface area (Å²) in [6.07, 6.45) is 0.596. The number of hydrogen-bond donors (Lipinski definition) is 3. The minimum absolute atomic E-state index is 0.0149. The SMILES string of the molecule is Cc1c(Cc2ccccc2)sc(NC(=O)c2ccccc2C(=O)O)c1C(N)=O. The smallest absolute Gasteiger partial charge is 0.336 e. The molecular formula is C21H18N2O4S. The summed E-state index contributed by atoms with van der Waals surface area (Å²) in [5, 5.41) is 12.3. The average molecular weight is 394 g/mol. The second-order valence-electron chi connectivity index (χ2n) is 6.19. The molecule has 1 heterocycles. The number of carboxylic acid groups (broad SMARTS) is 1. The van der Waals surface area contributed by atoms with Crippen molar-refractivity contribution in [1.82, 2.24) is 0 Å². The van der Waals surface area contributed by atoms with Crippen molar-refractivity contribution in [3.63, 3.8) is 0 Å². The lowest BCUT2D eigenvalue weighted by Gasteiger charge is -2.07.